The molecule has 2 rings (SSSR count). The lowest BCUT2D eigenvalue weighted by molar-refractivity contribution is 0.0250. The normalized spacial score (nSPS) is 31.8. The van der Waals surface area contributed by atoms with Gasteiger partial charge in [0, 0.05) is 38.3 Å². The molecule has 0 amide bonds. The molecule has 1 aliphatic heterocycles. The number of nitrogens with zero attached hydrogens (tertiary/aromatic N) is 1. The van der Waals surface area contributed by atoms with E-state index in [1.807, 2.05) is 0 Å². The monoisotopic (exact) mass is 282 g/mol. The minimum Gasteiger partial charge on any atom is -0.396 e. The fraction of sp³-hybridized carbons (Fsp3) is 1.00. The van der Waals surface area contributed by atoms with Gasteiger partial charge in [-0.25, -0.2) is 0 Å². The molecule has 0 aromatic rings. The lowest BCUT2D eigenvalue weighted by Gasteiger charge is -2.49. The fourth-order valence-electron chi connectivity index (χ4n) is 4.01. The lowest BCUT2D eigenvalue weighted by Crippen LogP contribution is -2.59. The van der Waals surface area contributed by atoms with E-state index in [1.165, 1.54) is 32.4 Å². The van der Waals surface area contributed by atoms with Gasteiger partial charge in [-0.05, 0) is 50.4 Å². The third-order valence-electron chi connectivity index (χ3n) is 5.44. The predicted octanol–water partition coefficient (Wildman–Crippen LogP) is 2.49. The van der Waals surface area contributed by atoms with Gasteiger partial charge in [-0.15, -0.1) is 0 Å². The van der Waals surface area contributed by atoms with Gasteiger partial charge in [0.15, 0.2) is 0 Å². The molecule has 2 unspecified atom stereocenters. The Labute approximate surface area is 125 Å². The van der Waals surface area contributed by atoms with Crippen molar-refractivity contribution in [3.8, 4) is 0 Å². The van der Waals surface area contributed by atoms with Crippen LogP contribution in [0.4, 0.5) is 0 Å². The van der Waals surface area contributed by atoms with Crippen LogP contribution in [0.15, 0.2) is 0 Å². The van der Waals surface area contributed by atoms with Gasteiger partial charge in [-0.2, -0.15) is 0 Å². The largest absolute Gasteiger partial charge is 0.396 e. The molecule has 3 heteroatoms. The van der Waals surface area contributed by atoms with Crippen molar-refractivity contribution in [2.24, 2.45) is 17.3 Å². The quantitative estimate of drug-likeness (QED) is 0.786. The first kappa shape index (κ1) is 16.3. The van der Waals surface area contributed by atoms with Crippen LogP contribution in [0.1, 0.15) is 53.4 Å². The van der Waals surface area contributed by atoms with E-state index in [1.54, 1.807) is 0 Å². The SMILES string of the molecule is CC(C)N1CC2CCCC(C1)C2NCC(C)(C)CCO. The van der Waals surface area contributed by atoms with Crippen molar-refractivity contribution < 1.29 is 5.11 Å². The number of nitrogens with one attached hydrogen (secondary N) is 1. The highest BCUT2D eigenvalue weighted by atomic mass is 16.3. The van der Waals surface area contributed by atoms with Gasteiger partial charge >= 0.3 is 0 Å². The maximum atomic E-state index is 9.16. The summed E-state index contributed by atoms with van der Waals surface area (Å²) in [5.74, 6) is 1.66. The number of likely N-dealkylation sites (tertiary alicyclic amines) is 1. The molecular weight excluding hydrogens is 248 g/mol. The van der Waals surface area contributed by atoms with Crippen LogP contribution >= 0.6 is 0 Å². The maximum Gasteiger partial charge on any atom is 0.0436 e. The zero-order valence-electron chi connectivity index (χ0n) is 13.9. The van der Waals surface area contributed by atoms with Gasteiger partial charge in [-0.3, -0.25) is 0 Å². The molecule has 3 nitrogen and oxygen atoms in total. The number of fused-ring (bicyclic) bond motifs is 2. The molecule has 2 bridgehead atoms. The number of rotatable bonds is 6. The molecule has 2 fully saturated rings. The Morgan fingerprint density at radius 2 is 1.80 bits per heavy atom. The molecule has 1 aliphatic carbocycles. The van der Waals surface area contributed by atoms with E-state index in [0.717, 1.165) is 24.8 Å². The Hall–Kier alpha value is -0.120. The van der Waals surface area contributed by atoms with Crippen LogP contribution in [0.5, 0.6) is 0 Å². The Kier molecular flexibility index (Phi) is 5.49. The topological polar surface area (TPSA) is 35.5 Å². The van der Waals surface area contributed by atoms with Crippen LogP contribution in [0.3, 0.4) is 0 Å². The molecule has 2 N–H and O–H groups in total. The van der Waals surface area contributed by atoms with E-state index in [9.17, 15) is 0 Å². The summed E-state index contributed by atoms with van der Waals surface area (Å²) >= 11 is 0. The second kappa shape index (κ2) is 6.76. The average molecular weight is 282 g/mol. The summed E-state index contributed by atoms with van der Waals surface area (Å²) < 4.78 is 0. The number of hydrogen-bond donors (Lipinski definition) is 2. The summed E-state index contributed by atoms with van der Waals surface area (Å²) in [5.41, 5.74) is 0.207. The average Bonchev–Trinajstić information content (AvgIpc) is 2.35. The number of aliphatic hydroxyl groups excluding tert-OH is 1. The summed E-state index contributed by atoms with van der Waals surface area (Å²) in [4.78, 5) is 2.67. The Morgan fingerprint density at radius 1 is 1.20 bits per heavy atom. The van der Waals surface area contributed by atoms with Gasteiger partial charge in [0.2, 0.25) is 0 Å². The van der Waals surface area contributed by atoms with Crippen molar-refractivity contribution in [3.05, 3.63) is 0 Å². The van der Waals surface area contributed by atoms with E-state index < -0.39 is 0 Å². The summed E-state index contributed by atoms with van der Waals surface area (Å²) in [7, 11) is 0. The highest BCUT2D eigenvalue weighted by Gasteiger charge is 2.40. The predicted molar refractivity (Wildman–Crippen MR) is 84.8 cm³/mol. The van der Waals surface area contributed by atoms with Crippen molar-refractivity contribution in [1.29, 1.82) is 0 Å². The van der Waals surface area contributed by atoms with Crippen molar-refractivity contribution in [1.82, 2.24) is 10.2 Å². The zero-order valence-corrected chi connectivity index (χ0v) is 13.9. The van der Waals surface area contributed by atoms with E-state index in [-0.39, 0.29) is 5.41 Å². The minimum absolute atomic E-state index is 0.207. The van der Waals surface area contributed by atoms with Crippen molar-refractivity contribution in [2.45, 2.75) is 65.5 Å². The Balaban J connectivity index is 1.92. The second-order valence-corrected chi connectivity index (χ2v) is 8.04. The molecule has 1 heterocycles. The third kappa shape index (κ3) is 3.96. The highest BCUT2D eigenvalue weighted by Crippen LogP contribution is 2.36. The second-order valence-electron chi connectivity index (χ2n) is 8.04. The first-order chi connectivity index (χ1) is 9.43. The van der Waals surface area contributed by atoms with E-state index in [2.05, 4.69) is 37.9 Å². The molecule has 0 spiro atoms. The zero-order chi connectivity index (χ0) is 14.8. The van der Waals surface area contributed by atoms with Gasteiger partial charge in [-0.1, -0.05) is 20.3 Å². The standard InChI is InChI=1S/C17H34N2O/c1-13(2)19-10-14-6-5-7-15(11-19)16(14)18-12-17(3,4)8-9-20/h13-16,18,20H,5-12H2,1-4H3. The number of aliphatic hydroxyl groups is 1. The van der Waals surface area contributed by atoms with Crippen molar-refractivity contribution in [2.75, 3.05) is 26.2 Å². The van der Waals surface area contributed by atoms with Crippen LogP contribution in [0, 0.1) is 17.3 Å². The summed E-state index contributed by atoms with van der Waals surface area (Å²) in [6.45, 7) is 13.0. The molecule has 118 valence electrons. The molecule has 0 aromatic heterocycles. The summed E-state index contributed by atoms with van der Waals surface area (Å²) in [6, 6.07) is 1.39. The van der Waals surface area contributed by atoms with Crippen molar-refractivity contribution >= 4 is 0 Å². The molecule has 2 atom stereocenters. The van der Waals surface area contributed by atoms with Crippen LogP contribution in [0.25, 0.3) is 0 Å². The van der Waals surface area contributed by atoms with Crippen molar-refractivity contribution in [3.63, 3.8) is 0 Å². The fourth-order valence-corrected chi connectivity index (χ4v) is 4.01. The molecule has 1 saturated carbocycles. The van der Waals surface area contributed by atoms with Crippen LogP contribution in [-0.4, -0.2) is 48.3 Å². The van der Waals surface area contributed by atoms with E-state index in [0.29, 0.717) is 18.7 Å². The van der Waals surface area contributed by atoms with E-state index in [4.69, 9.17) is 5.11 Å². The minimum atomic E-state index is 0.207. The number of piperidine rings is 1. The first-order valence-corrected chi connectivity index (χ1v) is 8.51. The summed E-state index contributed by atoms with van der Waals surface area (Å²) in [6.07, 6.45) is 5.08. The van der Waals surface area contributed by atoms with Crippen LogP contribution in [-0.2, 0) is 0 Å². The third-order valence-corrected chi connectivity index (χ3v) is 5.44. The molecular formula is C17H34N2O. The van der Waals surface area contributed by atoms with Crippen LogP contribution < -0.4 is 5.32 Å². The first-order valence-electron chi connectivity index (χ1n) is 8.51. The molecule has 2 aliphatic rings. The maximum absolute atomic E-state index is 9.16. The van der Waals surface area contributed by atoms with Gasteiger partial charge in [0.25, 0.3) is 0 Å². The molecule has 20 heavy (non-hydrogen) atoms. The Morgan fingerprint density at radius 3 is 2.30 bits per heavy atom. The van der Waals surface area contributed by atoms with E-state index >= 15 is 0 Å². The van der Waals surface area contributed by atoms with Gasteiger partial charge < -0.3 is 15.3 Å². The highest BCUT2D eigenvalue weighted by molar-refractivity contribution is 4.96. The van der Waals surface area contributed by atoms with Crippen LogP contribution in [0.2, 0.25) is 0 Å². The molecule has 1 saturated heterocycles. The molecule has 0 radical (unpaired) electrons. The van der Waals surface area contributed by atoms with Gasteiger partial charge in [0.1, 0.15) is 0 Å². The van der Waals surface area contributed by atoms with Gasteiger partial charge in [0.05, 0.1) is 0 Å². The molecule has 0 aromatic carbocycles. The smallest absolute Gasteiger partial charge is 0.0436 e. The Bertz CT molecular complexity index is 289. The summed E-state index contributed by atoms with van der Waals surface area (Å²) in [5, 5.41) is 13.0. The lowest BCUT2D eigenvalue weighted by atomic mass is 9.72. The number of hydrogen-bond acceptors (Lipinski definition) is 3.